The van der Waals surface area contributed by atoms with Crippen molar-refractivity contribution in [1.82, 2.24) is 9.78 Å². The van der Waals surface area contributed by atoms with E-state index in [0.29, 0.717) is 16.8 Å². The van der Waals surface area contributed by atoms with Crippen LogP contribution < -0.4 is 10.5 Å². The zero-order valence-electron chi connectivity index (χ0n) is 11.2. The Balaban J connectivity index is 2.66. The first-order valence-electron chi connectivity index (χ1n) is 5.86. The van der Waals surface area contributed by atoms with Gasteiger partial charge in [0.2, 0.25) is 11.4 Å². The van der Waals surface area contributed by atoms with Crippen molar-refractivity contribution in [1.29, 1.82) is 5.26 Å². The van der Waals surface area contributed by atoms with Crippen molar-refractivity contribution in [2.45, 2.75) is 12.8 Å². The molecular weight excluding hydrogens is 382 g/mol. The van der Waals surface area contributed by atoms with E-state index in [-0.39, 0.29) is 5.69 Å². The molecule has 12 heteroatoms. The molecule has 0 aliphatic rings. The third-order valence-corrected chi connectivity index (χ3v) is 3.32. The highest BCUT2D eigenvalue weighted by molar-refractivity contribution is 6.38. The van der Waals surface area contributed by atoms with E-state index < -0.39 is 45.7 Å². The van der Waals surface area contributed by atoms with E-state index in [9.17, 15) is 22.0 Å². The summed E-state index contributed by atoms with van der Waals surface area (Å²) in [6, 6.07) is 2.59. The molecule has 24 heavy (non-hydrogen) atoms. The first-order chi connectivity index (χ1) is 11.1. The van der Waals surface area contributed by atoms with E-state index in [1.165, 1.54) is 6.07 Å². The second kappa shape index (κ2) is 6.33. The van der Waals surface area contributed by atoms with Gasteiger partial charge in [-0.3, -0.25) is 0 Å². The van der Waals surface area contributed by atoms with E-state index in [1.807, 2.05) is 0 Å². The van der Waals surface area contributed by atoms with Gasteiger partial charge in [0, 0.05) is 0 Å². The maximum Gasteiger partial charge on any atom is 0.416 e. The number of ether oxygens (including phenoxy) is 1. The largest absolute Gasteiger partial charge is 0.428 e. The molecular formula is C12H5Cl2F5N4O. The van der Waals surface area contributed by atoms with Gasteiger partial charge in [-0.2, -0.15) is 32.3 Å². The highest BCUT2D eigenvalue weighted by atomic mass is 35.5. The molecule has 0 aliphatic heterocycles. The molecule has 1 heterocycles. The molecule has 0 spiro atoms. The first-order valence-corrected chi connectivity index (χ1v) is 6.61. The Morgan fingerprint density at radius 1 is 1.25 bits per heavy atom. The van der Waals surface area contributed by atoms with Crippen molar-refractivity contribution in [3.63, 3.8) is 0 Å². The van der Waals surface area contributed by atoms with Gasteiger partial charge in [-0.25, -0.2) is 4.68 Å². The number of rotatable bonds is 3. The van der Waals surface area contributed by atoms with Crippen LogP contribution in [0.5, 0.6) is 5.75 Å². The Bertz CT molecular complexity index is 805. The Kier molecular flexibility index (Phi) is 4.77. The van der Waals surface area contributed by atoms with Gasteiger partial charge in [0.15, 0.2) is 5.82 Å². The van der Waals surface area contributed by atoms with Gasteiger partial charge in [-0.05, 0) is 12.1 Å². The maximum atomic E-state index is 12.7. The van der Waals surface area contributed by atoms with Gasteiger partial charge < -0.3 is 10.5 Å². The number of hydrogen-bond acceptors (Lipinski definition) is 4. The molecule has 0 saturated heterocycles. The van der Waals surface area contributed by atoms with E-state index >= 15 is 0 Å². The summed E-state index contributed by atoms with van der Waals surface area (Å²) in [4.78, 5) is 0. The zero-order valence-corrected chi connectivity index (χ0v) is 12.7. The molecule has 0 radical (unpaired) electrons. The molecule has 2 aromatic rings. The Morgan fingerprint density at radius 3 is 2.21 bits per heavy atom. The van der Waals surface area contributed by atoms with Gasteiger partial charge >= 0.3 is 12.8 Å². The third-order valence-electron chi connectivity index (χ3n) is 2.74. The molecule has 1 aromatic carbocycles. The molecule has 0 bridgehead atoms. The molecule has 0 fully saturated rings. The number of halogens is 7. The lowest BCUT2D eigenvalue weighted by Gasteiger charge is -2.13. The molecule has 0 saturated carbocycles. The Morgan fingerprint density at radius 2 is 1.79 bits per heavy atom. The monoisotopic (exact) mass is 386 g/mol. The number of nitrogens with two attached hydrogens (primary N) is 1. The summed E-state index contributed by atoms with van der Waals surface area (Å²) < 4.78 is 67.6. The minimum atomic E-state index is -4.71. The highest BCUT2D eigenvalue weighted by Gasteiger charge is 2.33. The maximum absolute atomic E-state index is 12.7. The van der Waals surface area contributed by atoms with Crippen molar-refractivity contribution in [3.8, 4) is 17.5 Å². The average molecular weight is 387 g/mol. The number of nitrogen functional groups attached to an aromatic ring is 1. The standard InChI is InChI=1S/C12H5Cl2F5N4O/c13-5-1-4(12(17,18)19)2-6(14)8(5)23-10(21)9(24-11(15)16)7(3-20)22-23/h1-2,11H,21H2. The van der Waals surface area contributed by atoms with Gasteiger partial charge in [-0.15, -0.1) is 0 Å². The highest BCUT2D eigenvalue weighted by Crippen LogP contribution is 2.40. The van der Waals surface area contributed by atoms with Crippen molar-refractivity contribution in [3.05, 3.63) is 33.4 Å². The van der Waals surface area contributed by atoms with Crippen molar-refractivity contribution in [2.75, 3.05) is 5.73 Å². The summed E-state index contributed by atoms with van der Waals surface area (Å²) in [6.45, 7) is -3.30. The molecule has 0 aliphatic carbocycles. The SMILES string of the molecule is N#Cc1nn(-c2c(Cl)cc(C(F)(F)F)cc2Cl)c(N)c1OC(F)F. The van der Waals surface area contributed by atoms with Crippen LogP contribution in [0.4, 0.5) is 27.8 Å². The lowest BCUT2D eigenvalue weighted by atomic mass is 10.2. The van der Waals surface area contributed by atoms with Crippen LogP contribution in [0.1, 0.15) is 11.3 Å². The van der Waals surface area contributed by atoms with Crippen molar-refractivity contribution >= 4 is 29.0 Å². The minimum absolute atomic E-state index is 0.315. The second-order valence-electron chi connectivity index (χ2n) is 4.25. The van der Waals surface area contributed by atoms with Crippen LogP contribution in [0.2, 0.25) is 10.0 Å². The van der Waals surface area contributed by atoms with Crippen molar-refractivity contribution in [2.24, 2.45) is 0 Å². The van der Waals surface area contributed by atoms with Crippen LogP contribution in [-0.4, -0.2) is 16.4 Å². The van der Waals surface area contributed by atoms with Crippen LogP contribution in [0, 0.1) is 11.3 Å². The van der Waals surface area contributed by atoms with Gasteiger partial charge in [0.1, 0.15) is 11.8 Å². The van der Waals surface area contributed by atoms with E-state index in [4.69, 9.17) is 34.2 Å². The zero-order chi connectivity index (χ0) is 18.2. The number of aromatic nitrogens is 2. The molecule has 0 amide bonds. The van der Waals surface area contributed by atoms with E-state index in [2.05, 4.69) is 9.84 Å². The number of benzene rings is 1. The Labute approximate surface area is 140 Å². The minimum Gasteiger partial charge on any atom is -0.428 e. The van der Waals surface area contributed by atoms with Gasteiger partial charge in [-0.1, -0.05) is 23.2 Å². The van der Waals surface area contributed by atoms with E-state index in [0.717, 1.165) is 0 Å². The number of nitriles is 1. The number of nitrogens with zero attached hydrogens (tertiary/aromatic N) is 3. The fourth-order valence-electron chi connectivity index (χ4n) is 1.80. The predicted octanol–water partition coefficient (Wildman–Crippen LogP) is 4.25. The molecule has 128 valence electrons. The number of alkyl halides is 5. The van der Waals surface area contributed by atoms with Crippen LogP contribution in [0.3, 0.4) is 0 Å². The molecule has 5 nitrogen and oxygen atoms in total. The van der Waals surface area contributed by atoms with Crippen molar-refractivity contribution < 1.29 is 26.7 Å². The number of hydrogen-bond donors (Lipinski definition) is 1. The summed E-state index contributed by atoms with van der Waals surface area (Å²) in [6.07, 6.45) is -4.71. The third kappa shape index (κ3) is 3.32. The van der Waals surface area contributed by atoms with Gasteiger partial charge in [0.25, 0.3) is 0 Å². The fraction of sp³-hybridized carbons (Fsp3) is 0.167. The second-order valence-corrected chi connectivity index (χ2v) is 5.07. The average Bonchev–Trinajstić information content (AvgIpc) is 2.74. The molecule has 0 unspecified atom stereocenters. The lowest BCUT2D eigenvalue weighted by Crippen LogP contribution is -2.09. The van der Waals surface area contributed by atoms with Crippen LogP contribution >= 0.6 is 23.2 Å². The Hall–Kier alpha value is -2.25. The van der Waals surface area contributed by atoms with E-state index in [1.54, 1.807) is 0 Å². The first kappa shape index (κ1) is 18.1. The molecule has 0 atom stereocenters. The topological polar surface area (TPSA) is 76.9 Å². The number of anilines is 1. The lowest BCUT2D eigenvalue weighted by molar-refractivity contribution is -0.137. The normalized spacial score (nSPS) is 11.6. The summed E-state index contributed by atoms with van der Waals surface area (Å²) in [7, 11) is 0. The van der Waals surface area contributed by atoms with Crippen LogP contribution in [0.15, 0.2) is 12.1 Å². The molecule has 2 N–H and O–H groups in total. The van der Waals surface area contributed by atoms with Crippen LogP contribution in [-0.2, 0) is 6.18 Å². The van der Waals surface area contributed by atoms with Gasteiger partial charge in [0.05, 0.1) is 15.6 Å². The van der Waals surface area contributed by atoms with Crippen LogP contribution in [0.25, 0.3) is 5.69 Å². The molecule has 2 rings (SSSR count). The smallest absolute Gasteiger partial charge is 0.416 e. The predicted molar refractivity (Wildman–Crippen MR) is 74.3 cm³/mol. The molecule has 1 aromatic heterocycles. The quantitative estimate of drug-likeness (QED) is 0.799. The summed E-state index contributed by atoms with van der Waals surface area (Å²) in [5.74, 6) is -1.31. The summed E-state index contributed by atoms with van der Waals surface area (Å²) >= 11 is 11.6. The summed E-state index contributed by atoms with van der Waals surface area (Å²) in [5, 5.41) is 11.5. The summed E-state index contributed by atoms with van der Waals surface area (Å²) in [5.41, 5.74) is 3.52. The fourth-order valence-corrected chi connectivity index (χ4v) is 2.44.